The molecule has 0 unspecified atom stereocenters. The van der Waals surface area contributed by atoms with E-state index in [1.807, 2.05) is 32.9 Å². The quantitative estimate of drug-likeness (QED) is 0.331. The second-order valence-corrected chi connectivity index (χ2v) is 9.89. The van der Waals surface area contributed by atoms with Gasteiger partial charge < -0.3 is 30.6 Å². The van der Waals surface area contributed by atoms with Gasteiger partial charge in [-0.05, 0) is 56.7 Å². The van der Waals surface area contributed by atoms with Crippen molar-refractivity contribution in [2.75, 3.05) is 25.7 Å². The average Bonchev–Trinajstić information content (AvgIpc) is 2.87. The molecule has 0 saturated heterocycles. The van der Waals surface area contributed by atoms with E-state index in [1.54, 1.807) is 36.1 Å². The number of pyridine rings is 1. The zero-order valence-corrected chi connectivity index (χ0v) is 22.3. The fraction of sp³-hybridized carbons (Fsp3) is 0.241. The molecule has 10 nitrogen and oxygen atoms in total. The predicted octanol–water partition coefficient (Wildman–Crippen LogP) is 3.42. The fourth-order valence-corrected chi connectivity index (χ4v) is 4.26. The maximum atomic E-state index is 12.8. The van der Waals surface area contributed by atoms with Gasteiger partial charge in [-0.25, -0.2) is 9.78 Å². The number of aromatic carboxylic acids is 1. The molecular formula is C29H29N5O5. The maximum Gasteiger partial charge on any atom is 0.341 e. The zero-order valence-electron chi connectivity index (χ0n) is 22.3. The Morgan fingerprint density at radius 1 is 1.10 bits per heavy atom. The Hall–Kier alpha value is -5.04. The monoisotopic (exact) mass is 527 g/mol. The summed E-state index contributed by atoms with van der Waals surface area (Å²) < 4.78 is 12.9. The van der Waals surface area contributed by atoms with Gasteiger partial charge in [0, 0.05) is 40.9 Å². The molecule has 200 valence electrons. The van der Waals surface area contributed by atoms with Crippen LogP contribution in [0.15, 0.2) is 47.5 Å². The Balaban J connectivity index is 1.83. The van der Waals surface area contributed by atoms with Gasteiger partial charge in [0.2, 0.25) is 11.4 Å². The van der Waals surface area contributed by atoms with Crippen LogP contribution in [0.25, 0.3) is 10.9 Å². The van der Waals surface area contributed by atoms with Crippen LogP contribution < -0.4 is 26.4 Å². The lowest BCUT2D eigenvalue weighted by Gasteiger charge is -2.26. The molecule has 0 amide bonds. The molecule has 2 aromatic heterocycles. The summed E-state index contributed by atoms with van der Waals surface area (Å²) in [5, 5.41) is 9.84. The molecule has 0 bridgehead atoms. The highest BCUT2D eigenvalue weighted by atomic mass is 16.5. The third kappa shape index (κ3) is 5.48. The van der Waals surface area contributed by atoms with Crippen molar-refractivity contribution in [2.45, 2.75) is 32.7 Å². The van der Waals surface area contributed by atoms with E-state index in [0.717, 1.165) is 5.56 Å². The van der Waals surface area contributed by atoms with Gasteiger partial charge >= 0.3 is 5.97 Å². The fourth-order valence-electron chi connectivity index (χ4n) is 4.26. The van der Waals surface area contributed by atoms with Gasteiger partial charge in [-0.1, -0.05) is 11.8 Å². The molecular weight excluding hydrogens is 498 g/mol. The first kappa shape index (κ1) is 27.0. The summed E-state index contributed by atoms with van der Waals surface area (Å²) in [5.41, 5.74) is 13.7. The Kier molecular flexibility index (Phi) is 7.19. The Labute approximate surface area is 225 Å². The number of carboxylic acids is 1. The molecule has 4 rings (SSSR count). The van der Waals surface area contributed by atoms with Crippen molar-refractivity contribution >= 4 is 28.6 Å². The number of carbonyl (C=O) groups is 1. The molecule has 0 aliphatic rings. The second kappa shape index (κ2) is 10.4. The highest BCUT2D eigenvalue weighted by Crippen LogP contribution is 2.33. The largest absolute Gasteiger partial charge is 0.493 e. The number of nitrogens with two attached hydrogens (primary N) is 2. The number of benzene rings is 2. The minimum Gasteiger partial charge on any atom is -0.493 e. The predicted molar refractivity (Wildman–Crippen MR) is 149 cm³/mol. The minimum atomic E-state index is -1.27. The van der Waals surface area contributed by atoms with Crippen LogP contribution in [-0.2, 0) is 12.0 Å². The summed E-state index contributed by atoms with van der Waals surface area (Å²) in [6.07, 6.45) is 3.38. The van der Waals surface area contributed by atoms with E-state index < -0.39 is 16.9 Å². The highest BCUT2D eigenvalue weighted by Gasteiger charge is 2.21. The number of ether oxygens (including phenoxy) is 2. The van der Waals surface area contributed by atoms with E-state index in [-0.39, 0.29) is 17.3 Å². The molecule has 0 saturated carbocycles. The van der Waals surface area contributed by atoms with E-state index in [1.165, 1.54) is 13.3 Å². The first-order chi connectivity index (χ1) is 18.4. The topological polar surface area (TPSA) is 156 Å². The normalized spacial score (nSPS) is 11.1. The lowest BCUT2D eigenvalue weighted by molar-refractivity contribution is 0.0694. The molecule has 0 radical (unpaired) electrons. The van der Waals surface area contributed by atoms with E-state index >= 15 is 0 Å². The van der Waals surface area contributed by atoms with Crippen LogP contribution in [0, 0.1) is 11.8 Å². The number of hydrogen-bond donors (Lipinski definition) is 3. The van der Waals surface area contributed by atoms with Crippen molar-refractivity contribution < 1.29 is 19.4 Å². The SMILES string of the molecule is COc1cc(Cc2cnc(N)nc2N)cc(C#Cc2ccc3c(=O)c(C(=O)O)cn(C(C)(C)C)c3c2)c1OC. The van der Waals surface area contributed by atoms with Crippen molar-refractivity contribution in [3.8, 4) is 23.3 Å². The number of methoxy groups -OCH3 is 2. The number of fused-ring (bicyclic) bond motifs is 1. The molecule has 5 N–H and O–H groups in total. The molecule has 10 heteroatoms. The number of carboxylic acid groups (broad SMARTS) is 1. The van der Waals surface area contributed by atoms with E-state index in [0.29, 0.717) is 45.5 Å². The first-order valence-electron chi connectivity index (χ1n) is 12.0. The molecule has 2 aromatic carbocycles. The van der Waals surface area contributed by atoms with Crippen LogP contribution >= 0.6 is 0 Å². The summed E-state index contributed by atoms with van der Waals surface area (Å²) in [6, 6.07) is 8.78. The third-order valence-electron chi connectivity index (χ3n) is 6.15. The van der Waals surface area contributed by atoms with Gasteiger partial charge in [-0.2, -0.15) is 4.98 Å². The first-order valence-corrected chi connectivity index (χ1v) is 12.0. The van der Waals surface area contributed by atoms with Crippen molar-refractivity contribution in [1.29, 1.82) is 0 Å². The van der Waals surface area contributed by atoms with E-state index in [4.69, 9.17) is 20.9 Å². The molecule has 0 atom stereocenters. The molecule has 0 aliphatic heterocycles. The van der Waals surface area contributed by atoms with Crippen molar-refractivity contribution in [2.24, 2.45) is 0 Å². The number of hydrogen-bond acceptors (Lipinski definition) is 8. The van der Waals surface area contributed by atoms with Crippen LogP contribution in [0.5, 0.6) is 11.5 Å². The molecule has 0 fully saturated rings. The van der Waals surface area contributed by atoms with Gasteiger partial charge in [0.25, 0.3) is 0 Å². The van der Waals surface area contributed by atoms with Gasteiger partial charge in [0.15, 0.2) is 11.5 Å². The molecule has 2 heterocycles. The van der Waals surface area contributed by atoms with Crippen molar-refractivity contribution in [3.05, 3.63) is 80.8 Å². The summed E-state index contributed by atoms with van der Waals surface area (Å²) >= 11 is 0. The smallest absolute Gasteiger partial charge is 0.341 e. The summed E-state index contributed by atoms with van der Waals surface area (Å²) in [6.45, 7) is 5.80. The molecule has 39 heavy (non-hydrogen) atoms. The maximum absolute atomic E-state index is 12.8. The number of rotatable bonds is 5. The lowest BCUT2D eigenvalue weighted by atomic mass is 10.0. The van der Waals surface area contributed by atoms with Crippen molar-refractivity contribution in [1.82, 2.24) is 14.5 Å². The lowest BCUT2D eigenvalue weighted by Crippen LogP contribution is -2.27. The van der Waals surface area contributed by atoms with Gasteiger partial charge in [-0.15, -0.1) is 0 Å². The summed E-state index contributed by atoms with van der Waals surface area (Å²) in [4.78, 5) is 32.6. The van der Waals surface area contributed by atoms with Crippen LogP contribution in [0.4, 0.5) is 11.8 Å². The molecule has 0 spiro atoms. The minimum absolute atomic E-state index is 0.0987. The van der Waals surface area contributed by atoms with Gasteiger partial charge in [-0.3, -0.25) is 4.79 Å². The standard InChI is InChI=1S/C29H29N5O5/c1-29(2,3)34-15-21(27(36)37)24(35)20-9-7-16(12-22(20)34)6-8-18-10-17(13-23(38-4)25(18)39-5)11-19-14-32-28(31)33-26(19)30/h7,9-10,12-15H,11H2,1-5H3,(H,36,37)(H4,30,31,32,33). The molecule has 0 aliphatic carbocycles. The average molecular weight is 528 g/mol. The van der Waals surface area contributed by atoms with Crippen LogP contribution in [0.1, 0.15) is 53.4 Å². The number of aromatic nitrogens is 3. The Morgan fingerprint density at radius 3 is 2.46 bits per heavy atom. The third-order valence-corrected chi connectivity index (χ3v) is 6.15. The van der Waals surface area contributed by atoms with Crippen molar-refractivity contribution in [3.63, 3.8) is 0 Å². The number of anilines is 2. The summed E-state index contributed by atoms with van der Waals surface area (Å²) in [7, 11) is 3.08. The number of nitrogen functional groups attached to an aromatic ring is 2. The zero-order chi connectivity index (χ0) is 28.5. The van der Waals surface area contributed by atoms with Crippen LogP contribution in [-0.4, -0.2) is 39.8 Å². The van der Waals surface area contributed by atoms with Gasteiger partial charge in [0.05, 0.1) is 25.3 Å². The Bertz CT molecular complexity index is 1730. The summed E-state index contributed by atoms with van der Waals surface area (Å²) in [5.74, 6) is 6.38. The Morgan fingerprint density at radius 2 is 1.85 bits per heavy atom. The van der Waals surface area contributed by atoms with E-state index in [9.17, 15) is 14.7 Å². The molecule has 4 aromatic rings. The second-order valence-electron chi connectivity index (χ2n) is 9.89. The van der Waals surface area contributed by atoms with Crippen LogP contribution in [0.2, 0.25) is 0 Å². The highest BCUT2D eigenvalue weighted by molar-refractivity contribution is 5.93. The van der Waals surface area contributed by atoms with E-state index in [2.05, 4.69) is 21.8 Å². The van der Waals surface area contributed by atoms with Gasteiger partial charge in [0.1, 0.15) is 11.4 Å². The van der Waals surface area contributed by atoms with Crippen LogP contribution in [0.3, 0.4) is 0 Å². The number of nitrogens with zero attached hydrogens (tertiary/aromatic N) is 3.